The summed E-state index contributed by atoms with van der Waals surface area (Å²) < 4.78 is 1.01. The Morgan fingerprint density at radius 2 is 2.13 bits per heavy atom. The maximum Gasteiger partial charge on any atom is 0.0268 e. The normalized spacial score (nSPS) is 15.3. The van der Waals surface area contributed by atoms with E-state index >= 15 is 0 Å². The third-order valence-electron chi connectivity index (χ3n) is 2.70. The highest BCUT2D eigenvalue weighted by molar-refractivity contribution is 9.11. The first-order chi connectivity index (χ1) is 7.27. The molecule has 0 amide bonds. The SMILES string of the molecule is C=C(Br)CNCc1ccccc1C1CC1. The van der Waals surface area contributed by atoms with Gasteiger partial charge in [-0.25, -0.2) is 0 Å². The van der Waals surface area contributed by atoms with Crippen LogP contribution in [0.4, 0.5) is 0 Å². The van der Waals surface area contributed by atoms with Crippen molar-refractivity contribution in [2.24, 2.45) is 0 Å². The molecule has 0 aromatic heterocycles. The minimum absolute atomic E-state index is 0.829. The van der Waals surface area contributed by atoms with Crippen molar-refractivity contribution in [1.29, 1.82) is 0 Å². The lowest BCUT2D eigenvalue weighted by atomic mass is 10.0. The smallest absolute Gasteiger partial charge is 0.0268 e. The summed E-state index contributed by atoms with van der Waals surface area (Å²) in [7, 11) is 0. The van der Waals surface area contributed by atoms with Crippen molar-refractivity contribution in [2.75, 3.05) is 6.54 Å². The molecule has 0 atom stereocenters. The van der Waals surface area contributed by atoms with Crippen LogP contribution < -0.4 is 5.32 Å². The summed E-state index contributed by atoms with van der Waals surface area (Å²) >= 11 is 3.35. The van der Waals surface area contributed by atoms with Gasteiger partial charge in [0.1, 0.15) is 0 Å². The van der Waals surface area contributed by atoms with Crippen LogP contribution in [0.3, 0.4) is 0 Å². The molecule has 1 aliphatic carbocycles. The molecule has 80 valence electrons. The summed E-state index contributed by atoms with van der Waals surface area (Å²) in [6, 6.07) is 8.74. The number of hydrogen-bond donors (Lipinski definition) is 1. The molecule has 0 spiro atoms. The van der Waals surface area contributed by atoms with E-state index in [9.17, 15) is 0 Å². The number of nitrogens with one attached hydrogen (secondary N) is 1. The van der Waals surface area contributed by atoms with Crippen LogP contribution in [0, 0.1) is 0 Å². The van der Waals surface area contributed by atoms with E-state index in [1.165, 1.54) is 24.0 Å². The van der Waals surface area contributed by atoms with Gasteiger partial charge in [0.25, 0.3) is 0 Å². The zero-order chi connectivity index (χ0) is 10.7. The quantitative estimate of drug-likeness (QED) is 0.859. The predicted molar refractivity (Wildman–Crippen MR) is 68.2 cm³/mol. The molecule has 1 saturated carbocycles. The van der Waals surface area contributed by atoms with Gasteiger partial charge in [-0.1, -0.05) is 46.8 Å². The lowest BCUT2D eigenvalue weighted by Crippen LogP contribution is -2.15. The molecule has 0 bridgehead atoms. The Labute approximate surface area is 99.7 Å². The minimum atomic E-state index is 0.829. The van der Waals surface area contributed by atoms with E-state index < -0.39 is 0 Å². The van der Waals surface area contributed by atoms with E-state index in [4.69, 9.17) is 0 Å². The van der Waals surface area contributed by atoms with E-state index in [-0.39, 0.29) is 0 Å². The summed E-state index contributed by atoms with van der Waals surface area (Å²) in [6.07, 6.45) is 2.73. The van der Waals surface area contributed by atoms with Crippen molar-refractivity contribution >= 4 is 15.9 Å². The molecule has 0 heterocycles. The van der Waals surface area contributed by atoms with Crippen LogP contribution in [-0.4, -0.2) is 6.54 Å². The van der Waals surface area contributed by atoms with Crippen molar-refractivity contribution in [1.82, 2.24) is 5.32 Å². The van der Waals surface area contributed by atoms with Gasteiger partial charge in [-0.2, -0.15) is 0 Å². The highest BCUT2D eigenvalue weighted by Crippen LogP contribution is 2.41. The fourth-order valence-corrected chi connectivity index (χ4v) is 2.02. The third-order valence-corrected chi connectivity index (χ3v) is 2.98. The second-order valence-electron chi connectivity index (χ2n) is 4.09. The molecule has 2 rings (SSSR count). The number of hydrogen-bond acceptors (Lipinski definition) is 1. The first kappa shape index (κ1) is 10.9. The molecule has 1 aromatic rings. The van der Waals surface area contributed by atoms with Crippen LogP contribution in [0.2, 0.25) is 0 Å². The van der Waals surface area contributed by atoms with Gasteiger partial charge >= 0.3 is 0 Å². The summed E-state index contributed by atoms with van der Waals surface area (Å²) in [6.45, 7) is 5.58. The van der Waals surface area contributed by atoms with Gasteiger partial charge < -0.3 is 5.32 Å². The largest absolute Gasteiger partial charge is 0.308 e. The molecule has 0 saturated heterocycles. The standard InChI is InChI=1S/C13H16BrN/c1-10(14)8-15-9-12-4-2-3-5-13(12)11-6-7-11/h2-5,11,15H,1,6-9H2. The van der Waals surface area contributed by atoms with E-state index in [1.807, 2.05) is 0 Å². The summed E-state index contributed by atoms with van der Waals surface area (Å²) in [5.41, 5.74) is 2.97. The molecule has 15 heavy (non-hydrogen) atoms. The highest BCUT2D eigenvalue weighted by atomic mass is 79.9. The summed E-state index contributed by atoms with van der Waals surface area (Å²) in [4.78, 5) is 0. The molecule has 2 heteroatoms. The Bertz CT molecular complexity index is 355. The second kappa shape index (κ2) is 4.95. The molecule has 0 radical (unpaired) electrons. The van der Waals surface area contributed by atoms with Crippen molar-refractivity contribution in [3.05, 3.63) is 46.5 Å². The molecule has 1 fully saturated rings. The average molecular weight is 266 g/mol. The fourth-order valence-electron chi connectivity index (χ4n) is 1.82. The minimum Gasteiger partial charge on any atom is -0.308 e. The van der Waals surface area contributed by atoms with E-state index in [2.05, 4.69) is 52.1 Å². The van der Waals surface area contributed by atoms with Crippen LogP contribution in [0.15, 0.2) is 35.3 Å². The van der Waals surface area contributed by atoms with Gasteiger partial charge in [-0.15, -0.1) is 0 Å². The highest BCUT2D eigenvalue weighted by Gasteiger charge is 2.25. The van der Waals surface area contributed by atoms with E-state index in [1.54, 1.807) is 0 Å². The van der Waals surface area contributed by atoms with Crippen LogP contribution in [0.1, 0.15) is 29.9 Å². The van der Waals surface area contributed by atoms with Gasteiger partial charge in [0, 0.05) is 17.6 Å². The van der Waals surface area contributed by atoms with Crippen molar-refractivity contribution in [2.45, 2.75) is 25.3 Å². The first-order valence-electron chi connectivity index (χ1n) is 5.39. The molecule has 1 aromatic carbocycles. The van der Waals surface area contributed by atoms with Gasteiger partial charge in [-0.05, 0) is 29.9 Å². The lowest BCUT2D eigenvalue weighted by Gasteiger charge is -2.09. The monoisotopic (exact) mass is 265 g/mol. The number of halogens is 1. The third kappa shape index (κ3) is 3.18. The van der Waals surface area contributed by atoms with Gasteiger partial charge in [0.05, 0.1) is 0 Å². The fraction of sp³-hybridized carbons (Fsp3) is 0.385. The zero-order valence-electron chi connectivity index (χ0n) is 8.80. The number of benzene rings is 1. The topological polar surface area (TPSA) is 12.0 Å². The Hall–Kier alpha value is -0.600. The Balaban J connectivity index is 1.97. The van der Waals surface area contributed by atoms with Crippen LogP contribution >= 0.6 is 15.9 Å². The number of rotatable bonds is 5. The molecule has 0 unspecified atom stereocenters. The summed E-state index contributed by atoms with van der Waals surface area (Å²) in [5.74, 6) is 0.829. The maximum absolute atomic E-state index is 3.81. The van der Waals surface area contributed by atoms with Crippen LogP contribution in [0.5, 0.6) is 0 Å². The van der Waals surface area contributed by atoms with Gasteiger partial charge in [0.2, 0.25) is 0 Å². The molecule has 1 N–H and O–H groups in total. The average Bonchev–Trinajstić information content (AvgIpc) is 3.01. The van der Waals surface area contributed by atoms with Gasteiger partial charge in [0.15, 0.2) is 0 Å². The van der Waals surface area contributed by atoms with Crippen LogP contribution in [-0.2, 0) is 6.54 Å². The van der Waals surface area contributed by atoms with Crippen LogP contribution in [0.25, 0.3) is 0 Å². The molecular formula is C13H16BrN. The molecule has 0 aliphatic heterocycles. The van der Waals surface area contributed by atoms with E-state index in [0.717, 1.165) is 23.5 Å². The Kier molecular flexibility index (Phi) is 3.60. The molecular weight excluding hydrogens is 250 g/mol. The van der Waals surface area contributed by atoms with Gasteiger partial charge in [-0.3, -0.25) is 0 Å². The van der Waals surface area contributed by atoms with Crippen molar-refractivity contribution < 1.29 is 0 Å². The molecule has 1 nitrogen and oxygen atoms in total. The maximum atomic E-state index is 3.81. The molecule has 1 aliphatic rings. The van der Waals surface area contributed by atoms with E-state index in [0.29, 0.717) is 0 Å². The predicted octanol–water partition coefficient (Wildman–Crippen LogP) is 3.56. The summed E-state index contributed by atoms with van der Waals surface area (Å²) in [5, 5.41) is 3.38. The lowest BCUT2D eigenvalue weighted by molar-refractivity contribution is 0.748. The van der Waals surface area contributed by atoms with Crippen molar-refractivity contribution in [3.8, 4) is 0 Å². The van der Waals surface area contributed by atoms with Crippen molar-refractivity contribution in [3.63, 3.8) is 0 Å². The Morgan fingerprint density at radius 3 is 2.80 bits per heavy atom. The Morgan fingerprint density at radius 1 is 1.40 bits per heavy atom. The zero-order valence-corrected chi connectivity index (χ0v) is 10.4. The first-order valence-corrected chi connectivity index (χ1v) is 6.18. The second-order valence-corrected chi connectivity index (χ2v) is 5.22.